The number of nitrogens with zero attached hydrogens (tertiary/aromatic N) is 6. The first kappa shape index (κ1) is 20.4. The Bertz CT molecular complexity index is 1100. The number of hydrogen-bond donors (Lipinski definition) is 1. The van der Waals surface area contributed by atoms with Gasteiger partial charge in [-0.25, -0.2) is 9.97 Å². The molecule has 3 heterocycles. The fraction of sp³-hybridized carbons (Fsp3) is 0.286. The smallest absolute Gasteiger partial charge is 0.201 e. The maximum Gasteiger partial charge on any atom is 0.201 e. The summed E-state index contributed by atoms with van der Waals surface area (Å²) in [6, 6.07) is 7.92. The van der Waals surface area contributed by atoms with Gasteiger partial charge in [0.25, 0.3) is 0 Å². The maximum atomic E-state index is 6.44. The summed E-state index contributed by atoms with van der Waals surface area (Å²) < 4.78 is 2.22. The van der Waals surface area contributed by atoms with E-state index in [1.165, 1.54) is 0 Å². The molecule has 30 heavy (non-hydrogen) atoms. The van der Waals surface area contributed by atoms with Crippen LogP contribution in [-0.2, 0) is 19.4 Å². The summed E-state index contributed by atoms with van der Waals surface area (Å²) in [5.74, 6) is 1.60. The lowest BCUT2D eigenvalue weighted by molar-refractivity contribution is 0.675. The first-order valence-electron chi connectivity index (χ1n) is 9.84. The normalized spacial score (nSPS) is 11.9. The molecule has 0 atom stereocenters. The van der Waals surface area contributed by atoms with Gasteiger partial charge < -0.3 is 4.57 Å². The van der Waals surface area contributed by atoms with Crippen LogP contribution in [0.5, 0.6) is 0 Å². The third-order valence-corrected chi connectivity index (χ3v) is 5.82. The average molecular weight is 440 g/mol. The van der Waals surface area contributed by atoms with Crippen molar-refractivity contribution >= 4 is 34.6 Å². The number of imidazole rings is 1. The van der Waals surface area contributed by atoms with Crippen molar-refractivity contribution in [1.29, 1.82) is 0 Å². The van der Waals surface area contributed by atoms with Crippen molar-refractivity contribution < 1.29 is 0 Å². The van der Waals surface area contributed by atoms with E-state index in [1.54, 1.807) is 11.3 Å². The predicted molar refractivity (Wildman–Crippen MR) is 119 cm³/mol. The number of allylic oxidation sites excluding steroid dienone is 1. The highest BCUT2D eigenvalue weighted by atomic mass is 35.5. The SMILES string of the molecule is CCCCc1ncc(/C=C(/Cc2cscn2)c2nn[nH]n2)n1Cc1ccccc1Cl. The van der Waals surface area contributed by atoms with Gasteiger partial charge >= 0.3 is 0 Å². The summed E-state index contributed by atoms with van der Waals surface area (Å²) in [5.41, 5.74) is 5.77. The van der Waals surface area contributed by atoms with Gasteiger partial charge in [0.1, 0.15) is 5.82 Å². The van der Waals surface area contributed by atoms with Crippen LogP contribution in [0.3, 0.4) is 0 Å². The number of aromatic nitrogens is 7. The molecule has 3 aromatic heterocycles. The molecule has 0 aliphatic heterocycles. The summed E-state index contributed by atoms with van der Waals surface area (Å²) in [6.07, 6.45) is 7.71. The van der Waals surface area contributed by atoms with Crippen LogP contribution < -0.4 is 0 Å². The van der Waals surface area contributed by atoms with E-state index in [9.17, 15) is 0 Å². The Morgan fingerprint density at radius 2 is 2.17 bits per heavy atom. The number of tetrazole rings is 1. The van der Waals surface area contributed by atoms with E-state index in [2.05, 4.69) is 49.2 Å². The van der Waals surface area contributed by atoms with Gasteiger partial charge in [-0.3, -0.25) is 0 Å². The zero-order chi connectivity index (χ0) is 20.8. The lowest BCUT2D eigenvalue weighted by atomic mass is 10.1. The lowest BCUT2D eigenvalue weighted by Gasteiger charge is -2.12. The minimum absolute atomic E-state index is 0.559. The van der Waals surface area contributed by atoms with E-state index >= 15 is 0 Å². The fourth-order valence-electron chi connectivity index (χ4n) is 3.25. The minimum Gasteiger partial charge on any atom is -0.324 e. The van der Waals surface area contributed by atoms with Crippen molar-refractivity contribution in [2.45, 2.75) is 39.2 Å². The number of benzene rings is 1. The molecule has 0 aliphatic carbocycles. The van der Waals surface area contributed by atoms with Crippen LogP contribution in [0.15, 0.2) is 41.4 Å². The molecule has 154 valence electrons. The second-order valence-electron chi connectivity index (χ2n) is 6.94. The van der Waals surface area contributed by atoms with Crippen LogP contribution in [0.4, 0.5) is 0 Å². The van der Waals surface area contributed by atoms with E-state index in [0.717, 1.165) is 52.6 Å². The molecule has 0 amide bonds. The number of unbranched alkanes of at least 4 members (excludes halogenated alkanes) is 1. The molecule has 0 saturated carbocycles. The monoisotopic (exact) mass is 439 g/mol. The fourth-order valence-corrected chi connectivity index (χ4v) is 4.00. The van der Waals surface area contributed by atoms with E-state index < -0.39 is 0 Å². The molecule has 4 rings (SSSR count). The molecule has 9 heteroatoms. The predicted octanol–water partition coefficient (Wildman–Crippen LogP) is 4.68. The van der Waals surface area contributed by atoms with Crippen LogP contribution in [0.2, 0.25) is 5.02 Å². The average Bonchev–Trinajstić information content (AvgIpc) is 3.51. The molecule has 4 aromatic rings. The zero-order valence-electron chi connectivity index (χ0n) is 16.6. The van der Waals surface area contributed by atoms with Crippen molar-refractivity contribution in [3.05, 3.63) is 75.0 Å². The number of aryl methyl sites for hydroxylation is 1. The van der Waals surface area contributed by atoms with E-state index in [4.69, 9.17) is 16.6 Å². The summed E-state index contributed by atoms with van der Waals surface area (Å²) in [6.45, 7) is 2.84. The zero-order valence-corrected chi connectivity index (χ0v) is 18.2. The van der Waals surface area contributed by atoms with Gasteiger partial charge in [-0.05, 0) is 29.3 Å². The van der Waals surface area contributed by atoms with Gasteiger partial charge in [-0.15, -0.1) is 21.5 Å². The number of hydrogen-bond acceptors (Lipinski definition) is 6. The third-order valence-electron chi connectivity index (χ3n) is 4.82. The van der Waals surface area contributed by atoms with Gasteiger partial charge in [0, 0.05) is 28.8 Å². The topological polar surface area (TPSA) is 85.2 Å². The van der Waals surface area contributed by atoms with Crippen LogP contribution >= 0.6 is 22.9 Å². The number of nitrogens with one attached hydrogen (secondary N) is 1. The summed E-state index contributed by atoms with van der Waals surface area (Å²) >= 11 is 8.01. The van der Waals surface area contributed by atoms with Crippen LogP contribution in [0.25, 0.3) is 11.6 Å². The standard InChI is InChI=1S/C21H22ClN7S/c1-2-3-8-20-23-11-18(29(20)12-15-6-4-5-7-19(15)22)10-16(21-25-27-28-26-21)9-17-13-30-14-24-17/h4-7,10-11,13-14H,2-3,8-9,12H2,1H3,(H,25,26,27,28)/b16-10-. The quantitative estimate of drug-likeness (QED) is 0.409. The van der Waals surface area contributed by atoms with E-state index in [0.29, 0.717) is 18.8 Å². The Labute approximate surface area is 183 Å². The second kappa shape index (κ2) is 9.77. The number of rotatable bonds is 9. The molecule has 0 spiro atoms. The number of aromatic amines is 1. The van der Waals surface area contributed by atoms with Crippen LogP contribution in [0.1, 0.15) is 48.4 Å². The number of thiazole rings is 1. The molecule has 1 aromatic carbocycles. The van der Waals surface area contributed by atoms with Gasteiger partial charge in [0.2, 0.25) is 5.82 Å². The molecule has 0 fully saturated rings. The summed E-state index contributed by atoms with van der Waals surface area (Å²) in [7, 11) is 0. The van der Waals surface area contributed by atoms with Crippen LogP contribution in [0, 0.1) is 0 Å². The Morgan fingerprint density at radius 1 is 1.27 bits per heavy atom. The highest BCUT2D eigenvalue weighted by Gasteiger charge is 2.15. The molecule has 0 radical (unpaired) electrons. The summed E-state index contributed by atoms with van der Waals surface area (Å²) in [5, 5.41) is 17.4. The highest BCUT2D eigenvalue weighted by Crippen LogP contribution is 2.23. The Hall–Kier alpha value is -2.84. The Kier molecular flexibility index (Phi) is 6.66. The lowest BCUT2D eigenvalue weighted by Crippen LogP contribution is -2.08. The highest BCUT2D eigenvalue weighted by molar-refractivity contribution is 7.07. The molecule has 0 aliphatic rings. The van der Waals surface area contributed by atoms with Gasteiger partial charge in [0.05, 0.1) is 29.6 Å². The van der Waals surface area contributed by atoms with Crippen molar-refractivity contribution in [2.24, 2.45) is 0 Å². The van der Waals surface area contributed by atoms with E-state index in [-0.39, 0.29) is 0 Å². The second-order valence-corrected chi connectivity index (χ2v) is 8.07. The van der Waals surface area contributed by atoms with Crippen molar-refractivity contribution in [3.8, 4) is 0 Å². The Balaban J connectivity index is 1.74. The molecule has 0 bridgehead atoms. The first-order chi connectivity index (χ1) is 14.7. The molecular weight excluding hydrogens is 418 g/mol. The molecule has 0 saturated heterocycles. The minimum atomic E-state index is 0.559. The number of halogens is 1. The van der Waals surface area contributed by atoms with Gasteiger partial charge in [-0.1, -0.05) is 43.1 Å². The molecular formula is C21H22ClN7S. The van der Waals surface area contributed by atoms with Gasteiger partial charge in [0.15, 0.2) is 0 Å². The molecule has 7 nitrogen and oxygen atoms in total. The van der Waals surface area contributed by atoms with Crippen LogP contribution in [-0.4, -0.2) is 35.2 Å². The largest absolute Gasteiger partial charge is 0.324 e. The molecule has 0 unspecified atom stereocenters. The van der Waals surface area contributed by atoms with Gasteiger partial charge in [-0.2, -0.15) is 5.21 Å². The molecule has 1 N–H and O–H groups in total. The van der Waals surface area contributed by atoms with Crippen molar-refractivity contribution in [3.63, 3.8) is 0 Å². The maximum absolute atomic E-state index is 6.44. The third kappa shape index (κ3) is 4.83. The Morgan fingerprint density at radius 3 is 2.90 bits per heavy atom. The van der Waals surface area contributed by atoms with Crippen molar-refractivity contribution in [2.75, 3.05) is 0 Å². The summed E-state index contributed by atoms with van der Waals surface area (Å²) in [4.78, 5) is 9.12. The first-order valence-corrected chi connectivity index (χ1v) is 11.2. The van der Waals surface area contributed by atoms with Crippen molar-refractivity contribution in [1.82, 2.24) is 35.2 Å². The number of H-pyrrole nitrogens is 1. The van der Waals surface area contributed by atoms with E-state index in [1.807, 2.05) is 35.3 Å².